The van der Waals surface area contributed by atoms with E-state index < -0.39 is 5.54 Å². The number of nitrogens with zero attached hydrogens (tertiary/aromatic N) is 1. The van der Waals surface area contributed by atoms with Gasteiger partial charge in [0, 0.05) is 0 Å². The lowest BCUT2D eigenvalue weighted by Crippen LogP contribution is -2.46. The molecule has 1 aromatic carbocycles. The van der Waals surface area contributed by atoms with E-state index in [1.807, 2.05) is 58.0 Å². The largest absolute Gasteiger partial charge is 0.372 e. The molecule has 0 fully saturated rings. The minimum Gasteiger partial charge on any atom is -0.372 e. The van der Waals surface area contributed by atoms with Crippen molar-refractivity contribution in [3.63, 3.8) is 0 Å². The molecule has 0 saturated carbocycles. The van der Waals surface area contributed by atoms with Crippen molar-refractivity contribution in [3.8, 4) is 6.07 Å². The molecule has 0 saturated heterocycles. The average Bonchev–Trinajstić information content (AvgIpc) is 2.35. The molecule has 1 atom stereocenters. The summed E-state index contributed by atoms with van der Waals surface area (Å²) in [7, 11) is 0. The van der Waals surface area contributed by atoms with Gasteiger partial charge in [-0.1, -0.05) is 37.3 Å². The quantitative estimate of drug-likeness (QED) is 0.869. The standard InChI is InChI=1S/C15H22N2O/c1-5-17-15(11-16,12-18-14(2,3)4)13-9-7-6-8-10-13/h6-10,17H,5,12H2,1-4H3. The Kier molecular flexibility index (Phi) is 4.89. The molecule has 1 aromatic rings. The summed E-state index contributed by atoms with van der Waals surface area (Å²) in [4.78, 5) is 0. The Morgan fingerprint density at radius 2 is 1.83 bits per heavy atom. The molecular weight excluding hydrogens is 224 g/mol. The van der Waals surface area contributed by atoms with Gasteiger partial charge in [0.05, 0.1) is 18.3 Å². The van der Waals surface area contributed by atoms with Gasteiger partial charge in [-0.2, -0.15) is 5.26 Å². The summed E-state index contributed by atoms with van der Waals surface area (Å²) in [5.74, 6) is 0. The van der Waals surface area contributed by atoms with E-state index in [4.69, 9.17) is 4.74 Å². The van der Waals surface area contributed by atoms with Crippen LogP contribution < -0.4 is 5.32 Å². The van der Waals surface area contributed by atoms with Gasteiger partial charge in [-0.15, -0.1) is 0 Å². The molecule has 3 nitrogen and oxygen atoms in total. The molecule has 3 heteroatoms. The summed E-state index contributed by atoms with van der Waals surface area (Å²) < 4.78 is 5.81. The molecule has 1 N–H and O–H groups in total. The van der Waals surface area contributed by atoms with E-state index in [0.717, 1.165) is 12.1 Å². The zero-order valence-corrected chi connectivity index (χ0v) is 11.7. The Bertz CT molecular complexity index is 403. The lowest BCUT2D eigenvalue weighted by atomic mass is 9.92. The van der Waals surface area contributed by atoms with Crippen molar-refractivity contribution >= 4 is 0 Å². The van der Waals surface area contributed by atoms with Crippen LogP contribution in [-0.2, 0) is 10.3 Å². The van der Waals surface area contributed by atoms with Crippen molar-refractivity contribution in [2.24, 2.45) is 0 Å². The molecule has 0 aromatic heterocycles. The fourth-order valence-electron chi connectivity index (χ4n) is 1.72. The minimum absolute atomic E-state index is 0.258. The second kappa shape index (κ2) is 5.99. The van der Waals surface area contributed by atoms with Crippen LogP contribution in [-0.4, -0.2) is 18.8 Å². The first kappa shape index (κ1) is 14.7. The molecule has 18 heavy (non-hydrogen) atoms. The molecule has 0 spiro atoms. The molecule has 1 unspecified atom stereocenters. The van der Waals surface area contributed by atoms with Crippen LogP contribution in [0.3, 0.4) is 0 Å². The summed E-state index contributed by atoms with van der Waals surface area (Å²) in [6.45, 7) is 9.02. The lowest BCUT2D eigenvalue weighted by molar-refractivity contribution is -0.0270. The molecule has 0 bridgehead atoms. The maximum Gasteiger partial charge on any atom is 0.155 e. The van der Waals surface area contributed by atoms with Crippen molar-refractivity contribution in [1.29, 1.82) is 5.26 Å². The zero-order valence-electron chi connectivity index (χ0n) is 11.7. The number of benzene rings is 1. The first-order valence-electron chi connectivity index (χ1n) is 6.29. The maximum absolute atomic E-state index is 9.57. The van der Waals surface area contributed by atoms with Crippen LogP contribution >= 0.6 is 0 Å². The fourth-order valence-corrected chi connectivity index (χ4v) is 1.72. The van der Waals surface area contributed by atoms with E-state index in [1.165, 1.54) is 0 Å². The van der Waals surface area contributed by atoms with Crippen LogP contribution in [0.15, 0.2) is 30.3 Å². The third-order valence-electron chi connectivity index (χ3n) is 2.66. The summed E-state index contributed by atoms with van der Waals surface area (Å²) in [6.07, 6.45) is 0. The Balaban J connectivity index is 2.99. The third-order valence-corrected chi connectivity index (χ3v) is 2.66. The lowest BCUT2D eigenvalue weighted by Gasteiger charge is -2.31. The first-order chi connectivity index (χ1) is 8.43. The Labute approximate surface area is 110 Å². The predicted molar refractivity (Wildman–Crippen MR) is 73.1 cm³/mol. The Hall–Kier alpha value is -1.37. The van der Waals surface area contributed by atoms with Gasteiger partial charge in [-0.3, -0.25) is 5.32 Å². The summed E-state index contributed by atoms with van der Waals surface area (Å²) in [5.41, 5.74) is -0.0890. The summed E-state index contributed by atoms with van der Waals surface area (Å²) >= 11 is 0. The molecule has 0 radical (unpaired) electrons. The normalized spacial score (nSPS) is 14.8. The molecule has 0 amide bonds. The van der Waals surface area contributed by atoms with Crippen LogP contribution in [0.4, 0.5) is 0 Å². The molecule has 0 aliphatic heterocycles. The van der Waals surface area contributed by atoms with Crippen molar-refractivity contribution in [2.75, 3.05) is 13.2 Å². The second-order valence-corrected chi connectivity index (χ2v) is 5.31. The zero-order chi connectivity index (χ0) is 13.6. The highest BCUT2D eigenvalue weighted by Crippen LogP contribution is 2.23. The van der Waals surface area contributed by atoms with Crippen molar-refractivity contribution in [1.82, 2.24) is 5.32 Å². The van der Waals surface area contributed by atoms with Gasteiger partial charge in [0.2, 0.25) is 0 Å². The number of nitriles is 1. The molecule has 0 aliphatic rings. The average molecular weight is 246 g/mol. The number of hydrogen-bond acceptors (Lipinski definition) is 3. The Morgan fingerprint density at radius 1 is 1.22 bits per heavy atom. The van der Waals surface area contributed by atoms with E-state index >= 15 is 0 Å². The van der Waals surface area contributed by atoms with E-state index in [9.17, 15) is 5.26 Å². The second-order valence-electron chi connectivity index (χ2n) is 5.31. The van der Waals surface area contributed by atoms with Gasteiger partial charge in [-0.05, 0) is 32.9 Å². The maximum atomic E-state index is 9.57. The number of likely N-dealkylation sites (N-methyl/N-ethyl adjacent to an activating group) is 1. The van der Waals surface area contributed by atoms with E-state index in [-0.39, 0.29) is 5.60 Å². The highest BCUT2D eigenvalue weighted by Gasteiger charge is 2.33. The number of nitrogens with one attached hydrogen (secondary N) is 1. The predicted octanol–water partition coefficient (Wildman–Crippen LogP) is 2.83. The van der Waals surface area contributed by atoms with Crippen LogP contribution in [0.25, 0.3) is 0 Å². The Morgan fingerprint density at radius 3 is 2.28 bits per heavy atom. The van der Waals surface area contributed by atoms with Gasteiger partial charge < -0.3 is 4.74 Å². The molecule has 0 aliphatic carbocycles. The SMILES string of the molecule is CCNC(C#N)(COC(C)(C)C)c1ccccc1. The monoisotopic (exact) mass is 246 g/mol. The van der Waals surface area contributed by atoms with Crippen molar-refractivity contribution < 1.29 is 4.74 Å². The highest BCUT2D eigenvalue weighted by molar-refractivity contribution is 5.31. The van der Waals surface area contributed by atoms with Crippen molar-refractivity contribution in [2.45, 2.75) is 38.8 Å². The molecule has 0 heterocycles. The van der Waals surface area contributed by atoms with E-state index in [2.05, 4.69) is 11.4 Å². The molecule has 1 rings (SSSR count). The van der Waals surface area contributed by atoms with Crippen LogP contribution in [0, 0.1) is 11.3 Å². The molecule has 98 valence electrons. The highest BCUT2D eigenvalue weighted by atomic mass is 16.5. The molecular formula is C15H22N2O. The van der Waals surface area contributed by atoms with E-state index in [0.29, 0.717) is 6.61 Å². The van der Waals surface area contributed by atoms with Crippen LogP contribution in [0.2, 0.25) is 0 Å². The van der Waals surface area contributed by atoms with Gasteiger partial charge in [0.1, 0.15) is 0 Å². The van der Waals surface area contributed by atoms with Crippen LogP contribution in [0.1, 0.15) is 33.3 Å². The van der Waals surface area contributed by atoms with Gasteiger partial charge >= 0.3 is 0 Å². The van der Waals surface area contributed by atoms with E-state index in [1.54, 1.807) is 0 Å². The topological polar surface area (TPSA) is 45.0 Å². The summed E-state index contributed by atoms with van der Waals surface area (Å²) in [5, 5.41) is 12.8. The van der Waals surface area contributed by atoms with Gasteiger partial charge in [0.25, 0.3) is 0 Å². The smallest absolute Gasteiger partial charge is 0.155 e. The van der Waals surface area contributed by atoms with Crippen molar-refractivity contribution in [3.05, 3.63) is 35.9 Å². The summed E-state index contributed by atoms with van der Waals surface area (Å²) in [6, 6.07) is 12.1. The van der Waals surface area contributed by atoms with Gasteiger partial charge in [-0.25, -0.2) is 0 Å². The number of rotatable bonds is 5. The number of hydrogen-bond donors (Lipinski definition) is 1. The van der Waals surface area contributed by atoms with Crippen LogP contribution in [0.5, 0.6) is 0 Å². The first-order valence-corrected chi connectivity index (χ1v) is 6.29. The number of ether oxygens (including phenoxy) is 1. The third kappa shape index (κ3) is 3.83. The van der Waals surface area contributed by atoms with Gasteiger partial charge in [0.15, 0.2) is 5.54 Å². The fraction of sp³-hybridized carbons (Fsp3) is 0.533. The minimum atomic E-state index is -0.775.